The molecule has 1 aliphatic rings. The summed E-state index contributed by atoms with van der Waals surface area (Å²) in [6, 6.07) is 9.05. The van der Waals surface area contributed by atoms with Crippen molar-refractivity contribution in [2.75, 3.05) is 0 Å². The summed E-state index contributed by atoms with van der Waals surface area (Å²) in [6.07, 6.45) is 3.94. The maximum Gasteiger partial charge on any atom is 0.108 e. The lowest BCUT2D eigenvalue weighted by Crippen LogP contribution is -2.41. The molecule has 0 radical (unpaired) electrons. The van der Waals surface area contributed by atoms with Crippen LogP contribution in [0.25, 0.3) is 10.2 Å². The number of rotatable bonds is 3. The van der Waals surface area contributed by atoms with E-state index in [-0.39, 0.29) is 0 Å². The first kappa shape index (κ1) is 14.0. The minimum Gasteiger partial charge on any atom is -0.307 e. The summed E-state index contributed by atoms with van der Waals surface area (Å²) in [4.78, 5) is 4.71. The fraction of sp³-hybridized carbons (Fsp3) is 0.588. The SMILES string of the molecule is CC1CC(C)(C)CCC1NCc1nc2ccccc2s1. The molecule has 0 aliphatic heterocycles. The first-order chi connectivity index (χ1) is 9.53. The van der Waals surface area contributed by atoms with Crippen LogP contribution in [0.5, 0.6) is 0 Å². The van der Waals surface area contributed by atoms with Gasteiger partial charge in [-0.1, -0.05) is 32.9 Å². The fourth-order valence-corrected chi connectivity index (χ4v) is 4.38. The normalized spacial score (nSPS) is 25.9. The zero-order valence-electron chi connectivity index (χ0n) is 12.6. The molecule has 1 aliphatic carbocycles. The van der Waals surface area contributed by atoms with Gasteiger partial charge in [-0.3, -0.25) is 0 Å². The van der Waals surface area contributed by atoms with Crippen LogP contribution < -0.4 is 5.32 Å². The second kappa shape index (κ2) is 5.45. The first-order valence-corrected chi connectivity index (χ1v) is 8.43. The predicted molar refractivity (Wildman–Crippen MR) is 87.0 cm³/mol. The quantitative estimate of drug-likeness (QED) is 0.892. The molecule has 0 spiro atoms. The van der Waals surface area contributed by atoms with Crippen molar-refractivity contribution < 1.29 is 0 Å². The summed E-state index contributed by atoms with van der Waals surface area (Å²) in [7, 11) is 0. The first-order valence-electron chi connectivity index (χ1n) is 7.61. The van der Waals surface area contributed by atoms with Gasteiger partial charge in [-0.05, 0) is 42.7 Å². The maximum absolute atomic E-state index is 4.71. The molecule has 2 nitrogen and oxygen atoms in total. The van der Waals surface area contributed by atoms with E-state index in [4.69, 9.17) is 4.98 Å². The van der Waals surface area contributed by atoms with Crippen molar-refractivity contribution in [3.05, 3.63) is 29.3 Å². The summed E-state index contributed by atoms with van der Waals surface area (Å²) >= 11 is 1.81. The zero-order valence-corrected chi connectivity index (χ0v) is 13.5. The molecule has 1 heterocycles. The molecule has 1 aromatic carbocycles. The number of nitrogens with one attached hydrogen (secondary N) is 1. The van der Waals surface area contributed by atoms with Crippen LogP contribution in [-0.4, -0.2) is 11.0 Å². The summed E-state index contributed by atoms with van der Waals surface area (Å²) in [5.41, 5.74) is 1.65. The van der Waals surface area contributed by atoms with Crippen molar-refractivity contribution in [3.63, 3.8) is 0 Å². The lowest BCUT2D eigenvalue weighted by Gasteiger charge is -2.39. The molecule has 3 heteroatoms. The van der Waals surface area contributed by atoms with Crippen molar-refractivity contribution in [2.45, 2.75) is 52.6 Å². The molecule has 2 unspecified atom stereocenters. The van der Waals surface area contributed by atoms with Gasteiger partial charge in [0.1, 0.15) is 5.01 Å². The van der Waals surface area contributed by atoms with Crippen LogP contribution in [0.15, 0.2) is 24.3 Å². The lowest BCUT2D eigenvalue weighted by molar-refractivity contribution is 0.148. The van der Waals surface area contributed by atoms with Crippen LogP contribution in [0.4, 0.5) is 0 Å². The molecule has 0 saturated heterocycles. The van der Waals surface area contributed by atoms with E-state index < -0.39 is 0 Å². The van der Waals surface area contributed by atoms with Crippen LogP contribution in [0.3, 0.4) is 0 Å². The van der Waals surface area contributed by atoms with Crippen molar-refractivity contribution in [1.82, 2.24) is 10.3 Å². The van der Waals surface area contributed by atoms with Crippen molar-refractivity contribution in [3.8, 4) is 0 Å². The Morgan fingerprint density at radius 3 is 2.90 bits per heavy atom. The van der Waals surface area contributed by atoms with Gasteiger partial charge in [-0.15, -0.1) is 11.3 Å². The van der Waals surface area contributed by atoms with E-state index in [0.717, 1.165) is 18.0 Å². The van der Waals surface area contributed by atoms with Gasteiger partial charge in [0.15, 0.2) is 0 Å². The monoisotopic (exact) mass is 288 g/mol. The third-order valence-electron chi connectivity index (χ3n) is 4.55. The molecule has 0 bridgehead atoms. The van der Waals surface area contributed by atoms with Gasteiger partial charge in [-0.25, -0.2) is 4.98 Å². The Balaban J connectivity index is 1.62. The number of thiazole rings is 1. The van der Waals surface area contributed by atoms with Gasteiger partial charge >= 0.3 is 0 Å². The number of hydrogen-bond acceptors (Lipinski definition) is 3. The van der Waals surface area contributed by atoms with E-state index >= 15 is 0 Å². The van der Waals surface area contributed by atoms with Crippen molar-refractivity contribution >= 4 is 21.6 Å². The van der Waals surface area contributed by atoms with E-state index in [0.29, 0.717) is 11.5 Å². The molecule has 0 amide bonds. The van der Waals surface area contributed by atoms with Crippen molar-refractivity contribution in [1.29, 1.82) is 0 Å². The average Bonchev–Trinajstić information content (AvgIpc) is 2.79. The highest BCUT2D eigenvalue weighted by Gasteiger charge is 2.31. The number of fused-ring (bicyclic) bond motifs is 1. The van der Waals surface area contributed by atoms with Crippen LogP contribution >= 0.6 is 11.3 Å². The van der Waals surface area contributed by atoms with E-state index in [1.165, 1.54) is 29.0 Å². The molecule has 2 aromatic rings. The Labute approximate surface area is 125 Å². The lowest BCUT2D eigenvalue weighted by atomic mass is 9.70. The summed E-state index contributed by atoms with van der Waals surface area (Å²) in [6.45, 7) is 8.09. The molecule has 2 atom stereocenters. The standard InChI is InChI=1S/C17H24N2S/c1-12-10-17(2,3)9-8-13(12)18-11-16-19-14-6-4-5-7-15(14)20-16/h4-7,12-13,18H,8-11H2,1-3H3. The smallest absolute Gasteiger partial charge is 0.108 e. The van der Waals surface area contributed by atoms with E-state index in [1.807, 2.05) is 11.3 Å². The van der Waals surface area contributed by atoms with Gasteiger partial charge in [0.2, 0.25) is 0 Å². The van der Waals surface area contributed by atoms with Crippen LogP contribution in [0.2, 0.25) is 0 Å². The highest BCUT2D eigenvalue weighted by molar-refractivity contribution is 7.18. The number of hydrogen-bond donors (Lipinski definition) is 1. The Kier molecular flexibility index (Phi) is 3.83. The van der Waals surface area contributed by atoms with Crippen LogP contribution in [0.1, 0.15) is 45.0 Å². The van der Waals surface area contributed by atoms with Gasteiger partial charge in [0.05, 0.1) is 10.2 Å². The molecule has 1 N–H and O–H groups in total. The molecule has 108 valence electrons. The maximum atomic E-state index is 4.71. The molecule has 3 rings (SSSR count). The summed E-state index contributed by atoms with van der Waals surface area (Å²) in [5, 5.41) is 4.95. The molecular formula is C17H24N2S. The largest absolute Gasteiger partial charge is 0.307 e. The van der Waals surface area contributed by atoms with Gasteiger partial charge < -0.3 is 5.32 Å². The second-order valence-electron chi connectivity index (χ2n) is 6.95. The van der Waals surface area contributed by atoms with Gasteiger partial charge in [-0.2, -0.15) is 0 Å². The molecule has 1 fully saturated rings. The highest BCUT2D eigenvalue weighted by Crippen LogP contribution is 2.38. The Morgan fingerprint density at radius 1 is 1.35 bits per heavy atom. The highest BCUT2D eigenvalue weighted by atomic mass is 32.1. The minimum atomic E-state index is 0.521. The Bertz CT molecular complexity index is 554. The number of benzene rings is 1. The van der Waals surface area contributed by atoms with E-state index in [9.17, 15) is 0 Å². The number of nitrogens with zero attached hydrogens (tertiary/aromatic N) is 1. The number of para-hydroxylation sites is 1. The third-order valence-corrected chi connectivity index (χ3v) is 5.58. The predicted octanol–water partition coefficient (Wildman–Crippen LogP) is 4.60. The molecule has 1 saturated carbocycles. The molecule has 20 heavy (non-hydrogen) atoms. The van der Waals surface area contributed by atoms with Gasteiger partial charge in [0.25, 0.3) is 0 Å². The van der Waals surface area contributed by atoms with E-state index in [2.05, 4.69) is 50.4 Å². The molecule has 1 aromatic heterocycles. The van der Waals surface area contributed by atoms with Crippen LogP contribution in [-0.2, 0) is 6.54 Å². The second-order valence-corrected chi connectivity index (χ2v) is 8.06. The van der Waals surface area contributed by atoms with Crippen LogP contribution in [0, 0.1) is 11.3 Å². The minimum absolute atomic E-state index is 0.521. The Morgan fingerprint density at radius 2 is 2.15 bits per heavy atom. The zero-order chi connectivity index (χ0) is 14.2. The van der Waals surface area contributed by atoms with Gasteiger partial charge in [0, 0.05) is 12.6 Å². The fourth-order valence-electron chi connectivity index (χ4n) is 3.46. The van der Waals surface area contributed by atoms with E-state index in [1.54, 1.807) is 0 Å². The topological polar surface area (TPSA) is 24.9 Å². The average molecular weight is 288 g/mol. The summed E-state index contributed by atoms with van der Waals surface area (Å²) in [5.74, 6) is 0.758. The third kappa shape index (κ3) is 3.04. The summed E-state index contributed by atoms with van der Waals surface area (Å²) < 4.78 is 1.29. The van der Waals surface area contributed by atoms with Crippen molar-refractivity contribution in [2.24, 2.45) is 11.3 Å². The number of aromatic nitrogens is 1. The molecular weight excluding hydrogens is 264 g/mol. The Hall–Kier alpha value is -0.930.